The predicted molar refractivity (Wildman–Crippen MR) is 86.9 cm³/mol. The second-order valence-corrected chi connectivity index (χ2v) is 7.21. The van der Waals surface area contributed by atoms with E-state index in [1.165, 1.54) is 37.9 Å². The van der Waals surface area contributed by atoms with Gasteiger partial charge in [-0.15, -0.1) is 0 Å². The highest BCUT2D eigenvalue weighted by molar-refractivity contribution is 7.99. The molecule has 5 heteroatoms. The molecule has 2 N–H and O–H groups in total. The molecule has 1 aromatic heterocycles. The van der Waals surface area contributed by atoms with E-state index in [1.807, 2.05) is 7.05 Å². The highest BCUT2D eigenvalue weighted by Crippen LogP contribution is 2.39. The molecule has 0 amide bonds. The highest BCUT2D eigenvalue weighted by Gasteiger charge is 2.28. The maximum atomic E-state index is 4.76. The first kappa shape index (κ1) is 14.0. The average Bonchev–Trinajstić information content (AvgIpc) is 3.32. The van der Waals surface area contributed by atoms with E-state index in [1.54, 1.807) is 0 Å². The molecule has 0 radical (unpaired) electrons. The molecule has 1 unspecified atom stereocenters. The Morgan fingerprint density at radius 1 is 1.15 bits per heavy atom. The second kappa shape index (κ2) is 6.20. The largest absolute Gasteiger partial charge is 0.373 e. The molecule has 2 fully saturated rings. The molecule has 0 aromatic carbocycles. The molecular weight excluding hydrogens is 268 g/mol. The Hall–Kier alpha value is -0.970. The Morgan fingerprint density at radius 2 is 1.95 bits per heavy atom. The van der Waals surface area contributed by atoms with E-state index in [2.05, 4.69) is 34.3 Å². The van der Waals surface area contributed by atoms with Gasteiger partial charge in [0.25, 0.3) is 0 Å². The summed E-state index contributed by atoms with van der Waals surface area (Å²) in [4.78, 5) is 9.40. The van der Waals surface area contributed by atoms with Gasteiger partial charge in [0.1, 0.15) is 17.5 Å². The molecule has 20 heavy (non-hydrogen) atoms. The van der Waals surface area contributed by atoms with Crippen molar-refractivity contribution in [2.24, 2.45) is 0 Å². The van der Waals surface area contributed by atoms with E-state index < -0.39 is 0 Å². The zero-order chi connectivity index (χ0) is 13.9. The number of anilines is 2. The standard InChI is InChI=1S/C15H24N4S/c1-10-13(16-2)18-15(11-6-7-11)19-14(10)17-9-12-5-3-4-8-20-12/h11-12H,3-9H2,1-2H3,(H2,16,17,18,19). The van der Waals surface area contributed by atoms with E-state index in [0.29, 0.717) is 5.92 Å². The molecule has 4 nitrogen and oxygen atoms in total. The first-order chi connectivity index (χ1) is 9.78. The summed E-state index contributed by atoms with van der Waals surface area (Å²) in [6, 6.07) is 0. The van der Waals surface area contributed by atoms with E-state index in [4.69, 9.17) is 4.98 Å². The molecule has 0 spiro atoms. The molecule has 2 heterocycles. The Labute approximate surface area is 125 Å². The molecule has 1 atom stereocenters. The lowest BCUT2D eigenvalue weighted by molar-refractivity contribution is 0.676. The third-order valence-corrected chi connectivity index (χ3v) is 5.51. The van der Waals surface area contributed by atoms with Gasteiger partial charge in [-0.2, -0.15) is 11.8 Å². The van der Waals surface area contributed by atoms with Crippen molar-refractivity contribution in [3.05, 3.63) is 11.4 Å². The first-order valence-electron chi connectivity index (χ1n) is 7.69. The summed E-state index contributed by atoms with van der Waals surface area (Å²) < 4.78 is 0. The van der Waals surface area contributed by atoms with Crippen LogP contribution in [0.25, 0.3) is 0 Å². The third-order valence-electron chi connectivity index (χ3n) is 4.11. The Kier molecular flexibility index (Phi) is 4.34. The number of hydrogen-bond donors (Lipinski definition) is 2. The summed E-state index contributed by atoms with van der Waals surface area (Å²) in [5.74, 6) is 4.91. The van der Waals surface area contributed by atoms with Crippen molar-refractivity contribution < 1.29 is 0 Å². The van der Waals surface area contributed by atoms with Crippen molar-refractivity contribution in [3.63, 3.8) is 0 Å². The summed E-state index contributed by atoms with van der Waals surface area (Å²) in [5, 5.41) is 7.51. The van der Waals surface area contributed by atoms with Gasteiger partial charge >= 0.3 is 0 Å². The number of thioether (sulfide) groups is 1. The first-order valence-corrected chi connectivity index (χ1v) is 8.74. The smallest absolute Gasteiger partial charge is 0.136 e. The monoisotopic (exact) mass is 292 g/mol. The minimum atomic E-state index is 0.590. The lowest BCUT2D eigenvalue weighted by Gasteiger charge is -2.22. The van der Waals surface area contributed by atoms with Crippen LogP contribution in [-0.4, -0.2) is 34.6 Å². The Bertz CT molecular complexity index is 467. The number of hydrogen-bond acceptors (Lipinski definition) is 5. The maximum Gasteiger partial charge on any atom is 0.136 e. The summed E-state index contributed by atoms with van der Waals surface area (Å²) in [5.41, 5.74) is 1.14. The zero-order valence-corrected chi connectivity index (χ0v) is 13.2. The molecule has 1 aromatic rings. The Balaban J connectivity index is 1.71. The van der Waals surface area contributed by atoms with Gasteiger partial charge in [-0.25, -0.2) is 9.97 Å². The van der Waals surface area contributed by atoms with Gasteiger partial charge in [0.15, 0.2) is 0 Å². The summed E-state index contributed by atoms with van der Waals surface area (Å²) >= 11 is 2.10. The SMILES string of the molecule is CNc1nc(C2CC2)nc(NCC2CCCCS2)c1C. The molecule has 2 aliphatic rings. The van der Waals surface area contributed by atoms with Crippen molar-refractivity contribution in [1.29, 1.82) is 0 Å². The van der Waals surface area contributed by atoms with Gasteiger partial charge in [-0.05, 0) is 38.4 Å². The maximum absolute atomic E-state index is 4.76. The number of rotatable bonds is 5. The third kappa shape index (κ3) is 3.19. The minimum absolute atomic E-state index is 0.590. The molecule has 1 aliphatic carbocycles. The van der Waals surface area contributed by atoms with Gasteiger partial charge in [-0.3, -0.25) is 0 Å². The van der Waals surface area contributed by atoms with Crippen LogP contribution < -0.4 is 10.6 Å². The average molecular weight is 292 g/mol. The summed E-state index contributed by atoms with van der Waals surface area (Å²) in [6.07, 6.45) is 6.56. The van der Waals surface area contributed by atoms with Crippen molar-refractivity contribution in [2.75, 3.05) is 30.0 Å². The van der Waals surface area contributed by atoms with Crippen molar-refractivity contribution in [1.82, 2.24) is 9.97 Å². The summed E-state index contributed by atoms with van der Waals surface area (Å²) in [7, 11) is 1.94. The zero-order valence-electron chi connectivity index (χ0n) is 12.4. The molecule has 1 aliphatic heterocycles. The molecule has 1 saturated heterocycles. The summed E-state index contributed by atoms with van der Waals surface area (Å²) in [6.45, 7) is 3.12. The predicted octanol–water partition coefficient (Wildman–Crippen LogP) is 3.40. The minimum Gasteiger partial charge on any atom is -0.373 e. The van der Waals surface area contributed by atoms with Gasteiger partial charge in [0, 0.05) is 30.3 Å². The van der Waals surface area contributed by atoms with Crippen LogP contribution in [0.15, 0.2) is 0 Å². The second-order valence-electron chi connectivity index (χ2n) is 5.80. The fraction of sp³-hybridized carbons (Fsp3) is 0.733. The van der Waals surface area contributed by atoms with E-state index in [0.717, 1.165) is 34.8 Å². The normalized spacial score (nSPS) is 22.6. The molecule has 0 bridgehead atoms. The van der Waals surface area contributed by atoms with Gasteiger partial charge in [0.05, 0.1) is 0 Å². The van der Waals surface area contributed by atoms with Crippen molar-refractivity contribution >= 4 is 23.4 Å². The van der Waals surface area contributed by atoms with Crippen LogP contribution in [0, 0.1) is 6.92 Å². The van der Waals surface area contributed by atoms with E-state index in [9.17, 15) is 0 Å². The van der Waals surface area contributed by atoms with Crippen LogP contribution in [0.2, 0.25) is 0 Å². The van der Waals surface area contributed by atoms with Crippen LogP contribution in [-0.2, 0) is 0 Å². The van der Waals surface area contributed by atoms with Gasteiger partial charge < -0.3 is 10.6 Å². The topological polar surface area (TPSA) is 49.8 Å². The number of nitrogens with zero attached hydrogens (tertiary/aromatic N) is 2. The van der Waals surface area contributed by atoms with Crippen molar-refractivity contribution in [3.8, 4) is 0 Å². The van der Waals surface area contributed by atoms with E-state index in [-0.39, 0.29) is 0 Å². The molecule has 110 valence electrons. The van der Waals surface area contributed by atoms with Gasteiger partial charge in [0.2, 0.25) is 0 Å². The Morgan fingerprint density at radius 3 is 2.60 bits per heavy atom. The highest BCUT2D eigenvalue weighted by atomic mass is 32.2. The van der Waals surface area contributed by atoms with Gasteiger partial charge in [-0.1, -0.05) is 6.42 Å². The fourth-order valence-electron chi connectivity index (χ4n) is 2.65. The number of aromatic nitrogens is 2. The van der Waals surface area contributed by atoms with Crippen LogP contribution in [0.5, 0.6) is 0 Å². The van der Waals surface area contributed by atoms with Crippen LogP contribution in [0.3, 0.4) is 0 Å². The van der Waals surface area contributed by atoms with Crippen LogP contribution in [0.1, 0.15) is 49.4 Å². The lowest BCUT2D eigenvalue weighted by atomic mass is 10.2. The lowest BCUT2D eigenvalue weighted by Crippen LogP contribution is -2.21. The quantitative estimate of drug-likeness (QED) is 0.871. The van der Waals surface area contributed by atoms with Crippen LogP contribution >= 0.6 is 11.8 Å². The molecule has 1 saturated carbocycles. The fourth-order valence-corrected chi connectivity index (χ4v) is 3.89. The molecule has 3 rings (SSSR count). The van der Waals surface area contributed by atoms with E-state index >= 15 is 0 Å². The number of nitrogens with one attached hydrogen (secondary N) is 2. The molecular formula is C15H24N4S. The van der Waals surface area contributed by atoms with Crippen molar-refractivity contribution in [2.45, 2.75) is 50.2 Å². The van der Waals surface area contributed by atoms with Crippen LogP contribution in [0.4, 0.5) is 11.6 Å².